The van der Waals surface area contributed by atoms with E-state index in [4.69, 9.17) is 5.53 Å². The van der Waals surface area contributed by atoms with Gasteiger partial charge in [-0.05, 0) is 24.8 Å². The van der Waals surface area contributed by atoms with Crippen molar-refractivity contribution in [1.29, 1.82) is 0 Å². The molecule has 4 nitrogen and oxygen atoms in total. The van der Waals surface area contributed by atoms with Crippen molar-refractivity contribution in [2.24, 2.45) is 5.11 Å². The van der Waals surface area contributed by atoms with Crippen LogP contribution in [0.25, 0.3) is 10.4 Å². The zero-order valence-electron chi connectivity index (χ0n) is 10.3. The second-order valence-corrected chi connectivity index (χ2v) is 4.13. The predicted molar refractivity (Wildman–Crippen MR) is 66.2 cm³/mol. The zero-order chi connectivity index (χ0) is 12.1. The lowest BCUT2D eigenvalue weighted by atomic mass is 10.0. The third-order valence-electron chi connectivity index (χ3n) is 2.80. The molecule has 0 fully saturated rings. The Bertz CT molecular complexity index is 212. The Labute approximate surface area is 98.0 Å². The zero-order valence-corrected chi connectivity index (χ0v) is 10.3. The molecule has 0 aliphatic heterocycles. The van der Waals surface area contributed by atoms with Crippen molar-refractivity contribution in [1.82, 2.24) is 0 Å². The Morgan fingerprint density at radius 3 is 2.38 bits per heavy atom. The molecule has 0 bridgehead atoms. The molecule has 0 saturated heterocycles. The molecule has 0 aromatic carbocycles. The third-order valence-corrected chi connectivity index (χ3v) is 2.80. The van der Waals surface area contributed by atoms with Crippen LogP contribution in [0.1, 0.15) is 64.7 Å². The van der Waals surface area contributed by atoms with E-state index in [0.717, 1.165) is 38.4 Å². The maximum atomic E-state index is 10.1. The topological polar surface area (TPSA) is 65.8 Å². The third kappa shape index (κ3) is 9.53. The van der Waals surface area contributed by atoms with E-state index in [1.807, 2.05) is 0 Å². The van der Waals surface area contributed by atoms with Crippen molar-refractivity contribution < 1.29 is 4.79 Å². The molecule has 0 heterocycles. The summed E-state index contributed by atoms with van der Waals surface area (Å²) in [5, 5.41) is 3.74. The molecular formula is C12H23N3O. The number of nitrogens with zero attached hydrogens (tertiary/aromatic N) is 3. The Morgan fingerprint density at radius 1 is 1.19 bits per heavy atom. The molecule has 0 aliphatic carbocycles. The van der Waals surface area contributed by atoms with Gasteiger partial charge in [0.1, 0.15) is 6.29 Å². The highest BCUT2D eigenvalue weighted by molar-refractivity contribution is 5.48. The number of carbonyl (C=O) groups is 1. The Hall–Kier alpha value is -1.02. The highest BCUT2D eigenvalue weighted by Crippen LogP contribution is 2.12. The van der Waals surface area contributed by atoms with Crippen LogP contribution in [0.15, 0.2) is 5.11 Å². The van der Waals surface area contributed by atoms with Crippen molar-refractivity contribution in [2.45, 2.75) is 70.8 Å². The first-order valence-corrected chi connectivity index (χ1v) is 6.33. The van der Waals surface area contributed by atoms with Crippen LogP contribution in [0.4, 0.5) is 0 Å². The summed E-state index contributed by atoms with van der Waals surface area (Å²) in [7, 11) is 0. The molecule has 0 saturated carbocycles. The molecule has 0 radical (unpaired) electrons. The van der Waals surface area contributed by atoms with Crippen LogP contribution in [-0.2, 0) is 4.79 Å². The van der Waals surface area contributed by atoms with E-state index in [2.05, 4.69) is 16.9 Å². The van der Waals surface area contributed by atoms with Crippen LogP contribution in [0.3, 0.4) is 0 Å². The van der Waals surface area contributed by atoms with Gasteiger partial charge in [-0.15, -0.1) is 0 Å². The average Bonchev–Trinajstić information content (AvgIpc) is 2.31. The van der Waals surface area contributed by atoms with Gasteiger partial charge in [0.25, 0.3) is 0 Å². The van der Waals surface area contributed by atoms with Gasteiger partial charge in [0.15, 0.2) is 0 Å². The number of aldehydes is 1. The average molecular weight is 225 g/mol. The van der Waals surface area contributed by atoms with Crippen molar-refractivity contribution in [2.75, 3.05) is 0 Å². The van der Waals surface area contributed by atoms with Crippen LogP contribution in [0, 0.1) is 0 Å². The smallest absolute Gasteiger partial charge is 0.119 e. The summed E-state index contributed by atoms with van der Waals surface area (Å²) in [6, 6.07) is 0.181. The highest BCUT2D eigenvalue weighted by Gasteiger charge is 2.02. The standard InChI is InChI=1S/C12H23N3O/c1-2-12(14-15-13)10-8-6-4-3-5-7-9-11-16/h11-12H,2-10H2,1H3. The lowest BCUT2D eigenvalue weighted by Crippen LogP contribution is -2.00. The van der Waals surface area contributed by atoms with Crippen LogP contribution in [-0.4, -0.2) is 12.3 Å². The second kappa shape index (κ2) is 12.1. The van der Waals surface area contributed by atoms with Gasteiger partial charge < -0.3 is 4.79 Å². The van der Waals surface area contributed by atoms with Crippen molar-refractivity contribution in [3.05, 3.63) is 10.4 Å². The van der Waals surface area contributed by atoms with Crippen molar-refractivity contribution >= 4 is 6.29 Å². The number of hydrogen-bond acceptors (Lipinski definition) is 2. The molecule has 92 valence electrons. The summed E-state index contributed by atoms with van der Waals surface area (Å²) < 4.78 is 0. The van der Waals surface area contributed by atoms with Gasteiger partial charge in [-0.3, -0.25) is 0 Å². The number of unbranched alkanes of at least 4 members (excludes halogenated alkanes) is 6. The largest absolute Gasteiger partial charge is 0.303 e. The van der Waals surface area contributed by atoms with E-state index in [0.29, 0.717) is 6.42 Å². The lowest BCUT2D eigenvalue weighted by Gasteiger charge is -2.07. The van der Waals surface area contributed by atoms with Crippen LogP contribution < -0.4 is 0 Å². The van der Waals surface area contributed by atoms with E-state index < -0.39 is 0 Å². The maximum Gasteiger partial charge on any atom is 0.119 e. The van der Waals surface area contributed by atoms with Gasteiger partial charge >= 0.3 is 0 Å². The molecule has 0 rings (SSSR count). The van der Waals surface area contributed by atoms with Crippen LogP contribution >= 0.6 is 0 Å². The van der Waals surface area contributed by atoms with Gasteiger partial charge in [0.2, 0.25) is 0 Å². The molecule has 0 N–H and O–H groups in total. The number of azide groups is 1. The molecule has 0 spiro atoms. The maximum absolute atomic E-state index is 10.1. The Balaban J connectivity index is 3.25. The van der Waals surface area contributed by atoms with Gasteiger partial charge in [-0.25, -0.2) is 0 Å². The van der Waals surface area contributed by atoms with E-state index >= 15 is 0 Å². The van der Waals surface area contributed by atoms with E-state index in [1.54, 1.807) is 0 Å². The summed E-state index contributed by atoms with van der Waals surface area (Å²) in [4.78, 5) is 12.9. The first-order valence-electron chi connectivity index (χ1n) is 6.33. The fourth-order valence-electron chi connectivity index (χ4n) is 1.73. The summed E-state index contributed by atoms with van der Waals surface area (Å²) in [6.45, 7) is 2.05. The van der Waals surface area contributed by atoms with Gasteiger partial charge in [0.05, 0.1) is 0 Å². The number of rotatable bonds is 11. The molecule has 0 aliphatic rings. The Morgan fingerprint density at radius 2 is 1.81 bits per heavy atom. The van der Waals surface area contributed by atoms with E-state index in [1.165, 1.54) is 19.3 Å². The Kier molecular flexibility index (Phi) is 11.3. The summed E-state index contributed by atoms with van der Waals surface area (Å²) in [5.41, 5.74) is 8.32. The first kappa shape index (κ1) is 15.0. The molecule has 4 heteroatoms. The monoisotopic (exact) mass is 225 g/mol. The van der Waals surface area contributed by atoms with Gasteiger partial charge in [0, 0.05) is 17.4 Å². The molecule has 1 unspecified atom stereocenters. The molecular weight excluding hydrogens is 202 g/mol. The summed E-state index contributed by atoms with van der Waals surface area (Å²) >= 11 is 0. The van der Waals surface area contributed by atoms with Crippen LogP contribution in [0.2, 0.25) is 0 Å². The first-order chi connectivity index (χ1) is 7.85. The number of hydrogen-bond donors (Lipinski definition) is 0. The number of carbonyl (C=O) groups excluding carboxylic acids is 1. The van der Waals surface area contributed by atoms with Crippen molar-refractivity contribution in [3.8, 4) is 0 Å². The highest BCUT2D eigenvalue weighted by atomic mass is 16.1. The van der Waals surface area contributed by atoms with Gasteiger partial charge in [-0.2, -0.15) is 0 Å². The van der Waals surface area contributed by atoms with E-state index in [-0.39, 0.29) is 6.04 Å². The molecule has 0 aromatic rings. The second-order valence-electron chi connectivity index (χ2n) is 4.13. The van der Waals surface area contributed by atoms with E-state index in [9.17, 15) is 4.79 Å². The predicted octanol–water partition coefficient (Wildman–Crippen LogP) is 4.40. The fraction of sp³-hybridized carbons (Fsp3) is 0.917. The lowest BCUT2D eigenvalue weighted by molar-refractivity contribution is -0.107. The molecule has 16 heavy (non-hydrogen) atoms. The van der Waals surface area contributed by atoms with Crippen molar-refractivity contribution in [3.63, 3.8) is 0 Å². The minimum absolute atomic E-state index is 0.181. The quantitative estimate of drug-likeness (QED) is 0.169. The fourth-order valence-corrected chi connectivity index (χ4v) is 1.73. The van der Waals surface area contributed by atoms with Crippen LogP contribution in [0.5, 0.6) is 0 Å². The summed E-state index contributed by atoms with van der Waals surface area (Å²) in [5.74, 6) is 0. The minimum Gasteiger partial charge on any atom is -0.303 e. The SMILES string of the molecule is CCC(CCCCCCCCC=O)N=[N+]=[N-]. The normalized spacial score (nSPS) is 11.8. The molecule has 0 amide bonds. The minimum atomic E-state index is 0.181. The van der Waals surface area contributed by atoms with Gasteiger partial charge in [-0.1, -0.05) is 44.1 Å². The summed E-state index contributed by atoms with van der Waals surface area (Å²) in [6.07, 6.45) is 10.6. The molecule has 1 atom stereocenters. The molecule has 0 aromatic heterocycles.